The van der Waals surface area contributed by atoms with Crippen molar-refractivity contribution in [3.63, 3.8) is 0 Å². The van der Waals surface area contributed by atoms with E-state index in [1.807, 2.05) is 4.90 Å². The lowest BCUT2D eigenvalue weighted by molar-refractivity contribution is -0.130. The lowest BCUT2D eigenvalue weighted by Crippen LogP contribution is -2.39. The van der Waals surface area contributed by atoms with Crippen LogP contribution in [0.15, 0.2) is 12.4 Å². The van der Waals surface area contributed by atoms with Gasteiger partial charge in [0.15, 0.2) is 0 Å². The molecular formula is C11H15FN4O. The Morgan fingerprint density at radius 1 is 1.35 bits per heavy atom. The van der Waals surface area contributed by atoms with Crippen LogP contribution in [0.3, 0.4) is 0 Å². The summed E-state index contributed by atoms with van der Waals surface area (Å²) in [6, 6.07) is 1.17. The number of likely N-dealkylation sites (tertiary alicyclic amines) is 1. The van der Waals surface area contributed by atoms with Crippen LogP contribution in [-0.2, 0) is 4.79 Å². The number of halogens is 1. The van der Waals surface area contributed by atoms with Crippen LogP contribution in [0.5, 0.6) is 0 Å². The molecule has 0 aromatic carbocycles. The van der Waals surface area contributed by atoms with Gasteiger partial charge in [-0.1, -0.05) is 0 Å². The molecule has 0 aliphatic carbocycles. The van der Waals surface area contributed by atoms with Gasteiger partial charge in [0.2, 0.25) is 11.9 Å². The molecule has 1 N–H and O–H groups in total. The van der Waals surface area contributed by atoms with Gasteiger partial charge in [0.25, 0.3) is 0 Å². The molecule has 5 nitrogen and oxygen atoms in total. The van der Waals surface area contributed by atoms with E-state index in [9.17, 15) is 9.18 Å². The summed E-state index contributed by atoms with van der Waals surface area (Å²) in [6.45, 7) is 1.79. The molecule has 0 atom stereocenters. The highest BCUT2D eigenvalue weighted by Crippen LogP contribution is 2.09. The van der Waals surface area contributed by atoms with Crippen molar-refractivity contribution in [2.75, 3.05) is 25.0 Å². The number of rotatable bonds is 3. The highest BCUT2D eigenvalue weighted by atomic mass is 19.1. The molecule has 0 radical (unpaired) electrons. The lowest BCUT2D eigenvalue weighted by atomic mass is 10.1. The van der Waals surface area contributed by atoms with Crippen LogP contribution in [0.2, 0.25) is 0 Å². The van der Waals surface area contributed by atoms with Crippen molar-refractivity contribution >= 4 is 11.7 Å². The smallest absolute Gasteiger partial charge is 0.241 e. The second-order valence-corrected chi connectivity index (χ2v) is 4.02. The number of nitrogens with one attached hydrogen (secondary N) is 1. The number of carbonyl (C=O) groups is 1. The maximum absolute atomic E-state index is 12.8. The van der Waals surface area contributed by atoms with Gasteiger partial charge in [0.1, 0.15) is 12.1 Å². The molecule has 92 valence electrons. The molecule has 1 aromatic heterocycles. The molecule has 2 rings (SSSR count). The van der Waals surface area contributed by atoms with Crippen LogP contribution in [0.4, 0.5) is 10.2 Å². The lowest BCUT2D eigenvalue weighted by Gasteiger charge is -2.26. The minimum absolute atomic E-state index is 0.0312. The van der Waals surface area contributed by atoms with E-state index in [4.69, 9.17) is 0 Å². The minimum atomic E-state index is -0.604. The fourth-order valence-corrected chi connectivity index (χ4v) is 1.85. The molecule has 1 aromatic rings. The van der Waals surface area contributed by atoms with E-state index >= 15 is 0 Å². The second-order valence-electron chi connectivity index (χ2n) is 4.02. The first-order valence-electron chi connectivity index (χ1n) is 5.75. The highest BCUT2D eigenvalue weighted by Gasteiger charge is 2.15. The van der Waals surface area contributed by atoms with E-state index < -0.39 is 5.95 Å². The summed E-state index contributed by atoms with van der Waals surface area (Å²) >= 11 is 0. The van der Waals surface area contributed by atoms with Crippen molar-refractivity contribution in [2.24, 2.45) is 0 Å². The van der Waals surface area contributed by atoms with E-state index in [0.717, 1.165) is 32.3 Å². The summed E-state index contributed by atoms with van der Waals surface area (Å²) in [7, 11) is 0. The van der Waals surface area contributed by atoms with Crippen molar-refractivity contribution in [1.29, 1.82) is 0 Å². The third-order valence-electron chi connectivity index (χ3n) is 2.76. The number of nitrogens with zero attached hydrogens (tertiary/aromatic N) is 3. The maximum Gasteiger partial charge on any atom is 0.241 e. The summed E-state index contributed by atoms with van der Waals surface area (Å²) in [6.07, 6.45) is 4.44. The predicted molar refractivity (Wildman–Crippen MR) is 60.9 cm³/mol. The van der Waals surface area contributed by atoms with Gasteiger partial charge in [-0.05, 0) is 19.3 Å². The quantitative estimate of drug-likeness (QED) is 0.799. The van der Waals surface area contributed by atoms with Gasteiger partial charge in [0, 0.05) is 19.2 Å². The third kappa shape index (κ3) is 3.37. The molecule has 1 aliphatic heterocycles. The fraction of sp³-hybridized carbons (Fsp3) is 0.545. The Morgan fingerprint density at radius 2 is 2.12 bits per heavy atom. The molecule has 0 saturated carbocycles. The fourth-order valence-electron chi connectivity index (χ4n) is 1.85. The molecule has 0 bridgehead atoms. The summed E-state index contributed by atoms with van der Waals surface area (Å²) in [5, 5.41) is 2.80. The zero-order valence-electron chi connectivity index (χ0n) is 9.53. The normalized spacial score (nSPS) is 15.7. The monoisotopic (exact) mass is 238 g/mol. The van der Waals surface area contributed by atoms with Crippen molar-refractivity contribution in [1.82, 2.24) is 14.9 Å². The van der Waals surface area contributed by atoms with E-state index in [1.54, 1.807) is 0 Å². The van der Waals surface area contributed by atoms with Crippen LogP contribution in [-0.4, -0.2) is 40.4 Å². The first-order chi connectivity index (χ1) is 8.25. The predicted octanol–water partition coefficient (Wildman–Crippen LogP) is 1.04. The first-order valence-corrected chi connectivity index (χ1v) is 5.75. The second kappa shape index (κ2) is 5.56. The number of hydrogen-bond donors (Lipinski definition) is 1. The Labute approximate surface area is 99.1 Å². The minimum Gasteiger partial charge on any atom is -0.361 e. The molecule has 0 spiro atoms. The summed E-state index contributed by atoms with van der Waals surface area (Å²) in [5.74, 6) is -0.237. The molecule has 1 saturated heterocycles. The van der Waals surface area contributed by atoms with Gasteiger partial charge in [-0.25, -0.2) is 9.97 Å². The average Bonchev–Trinajstić information content (AvgIpc) is 2.37. The standard InChI is InChI=1S/C11H15FN4O/c12-9-6-10(15-8-14-9)13-7-11(17)16-4-2-1-3-5-16/h6,8H,1-5,7H2,(H,13,14,15). The molecule has 0 unspecified atom stereocenters. The van der Waals surface area contributed by atoms with Crippen molar-refractivity contribution in [3.8, 4) is 0 Å². The van der Waals surface area contributed by atoms with Crippen molar-refractivity contribution in [3.05, 3.63) is 18.3 Å². The molecular weight excluding hydrogens is 223 g/mol. The third-order valence-corrected chi connectivity index (χ3v) is 2.76. The maximum atomic E-state index is 12.8. The number of carbonyl (C=O) groups excluding carboxylic acids is 1. The number of piperidine rings is 1. The van der Waals surface area contributed by atoms with E-state index in [0.29, 0.717) is 5.82 Å². The molecule has 1 amide bonds. The number of aromatic nitrogens is 2. The topological polar surface area (TPSA) is 58.1 Å². The zero-order chi connectivity index (χ0) is 12.1. The van der Waals surface area contributed by atoms with Gasteiger partial charge in [-0.2, -0.15) is 4.39 Å². The summed E-state index contributed by atoms with van der Waals surface area (Å²) < 4.78 is 12.8. The molecule has 1 fully saturated rings. The Morgan fingerprint density at radius 3 is 2.82 bits per heavy atom. The first kappa shape index (κ1) is 11.8. The summed E-state index contributed by atoms with van der Waals surface area (Å²) in [4.78, 5) is 20.8. The van der Waals surface area contributed by atoms with E-state index in [2.05, 4.69) is 15.3 Å². The van der Waals surface area contributed by atoms with Gasteiger partial charge < -0.3 is 10.2 Å². The van der Waals surface area contributed by atoms with Crippen LogP contribution >= 0.6 is 0 Å². The SMILES string of the molecule is O=C(CNc1cc(F)ncn1)N1CCCCC1. The van der Waals surface area contributed by atoms with Crippen molar-refractivity contribution < 1.29 is 9.18 Å². The van der Waals surface area contributed by atoms with Crippen LogP contribution in [0.25, 0.3) is 0 Å². The average molecular weight is 238 g/mol. The van der Waals surface area contributed by atoms with E-state index in [1.165, 1.54) is 12.5 Å². The molecule has 17 heavy (non-hydrogen) atoms. The highest BCUT2D eigenvalue weighted by molar-refractivity contribution is 5.80. The Kier molecular flexibility index (Phi) is 3.85. The van der Waals surface area contributed by atoms with Crippen LogP contribution < -0.4 is 5.32 Å². The number of hydrogen-bond acceptors (Lipinski definition) is 4. The van der Waals surface area contributed by atoms with E-state index in [-0.39, 0.29) is 12.5 Å². The number of amides is 1. The Balaban J connectivity index is 1.83. The summed E-state index contributed by atoms with van der Waals surface area (Å²) in [5.41, 5.74) is 0. The molecule has 2 heterocycles. The van der Waals surface area contributed by atoms with Crippen LogP contribution in [0, 0.1) is 5.95 Å². The molecule has 6 heteroatoms. The largest absolute Gasteiger partial charge is 0.361 e. The van der Waals surface area contributed by atoms with Gasteiger partial charge in [-0.3, -0.25) is 4.79 Å². The van der Waals surface area contributed by atoms with Crippen molar-refractivity contribution in [2.45, 2.75) is 19.3 Å². The van der Waals surface area contributed by atoms with Crippen LogP contribution in [0.1, 0.15) is 19.3 Å². The Hall–Kier alpha value is -1.72. The Bertz CT molecular complexity index is 393. The molecule has 1 aliphatic rings. The zero-order valence-corrected chi connectivity index (χ0v) is 9.53. The van der Waals surface area contributed by atoms with Gasteiger partial charge in [-0.15, -0.1) is 0 Å². The van der Waals surface area contributed by atoms with Gasteiger partial charge in [0.05, 0.1) is 6.54 Å². The van der Waals surface area contributed by atoms with Gasteiger partial charge >= 0.3 is 0 Å². The number of anilines is 1.